The molecule has 0 spiro atoms. The fourth-order valence-corrected chi connectivity index (χ4v) is 3.98. The molecular formula is C27H37NO6P2+2. The fourth-order valence-electron chi connectivity index (χ4n) is 3.98. The highest BCUT2D eigenvalue weighted by atomic mass is 31.1. The summed E-state index contributed by atoms with van der Waals surface area (Å²) in [7, 11) is -5.74. The normalized spacial score (nSPS) is 9.97. The van der Waals surface area contributed by atoms with E-state index in [-0.39, 0.29) is 0 Å². The molecule has 0 fully saturated rings. The highest BCUT2D eigenvalue weighted by Gasteiger charge is 2.14. The molecule has 0 aliphatic carbocycles. The van der Waals surface area contributed by atoms with Gasteiger partial charge >= 0.3 is 16.5 Å². The average Bonchev–Trinajstić information content (AvgIpc) is 2.86. The molecule has 36 heavy (non-hydrogen) atoms. The van der Waals surface area contributed by atoms with Crippen molar-refractivity contribution in [3.05, 3.63) is 83.4 Å². The molecule has 0 aromatic heterocycles. The van der Waals surface area contributed by atoms with Crippen LogP contribution in [-0.2, 0) is 28.5 Å². The lowest BCUT2D eigenvalue weighted by Crippen LogP contribution is -2.07. The quantitative estimate of drug-likeness (QED) is 0.200. The van der Waals surface area contributed by atoms with Crippen LogP contribution in [0.15, 0.2) is 66.7 Å². The minimum absolute atomic E-state index is 0.630. The van der Waals surface area contributed by atoms with E-state index in [0.29, 0.717) is 6.54 Å². The Labute approximate surface area is 215 Å². The molecule has 7 nitrogen and oxygen atoms in total. The lowest BCUT2D eigenvalue weighted by molar-refractivity contribution is 0.403. The Morgan fingerprint density at radius 2 is 1.08 bits per heavy atom. The zero-order valence-electron chi connectivity index (χ0n) is 20.9. The van der Waals surface area contributed by atoms with Gasteiger partial charge in [-0.3, -0.25) is 0 Å². The van der Waals surface area contributed by atoms with Crippen LogP contribution < -0.4 is 5.73 Å². The first-order valence-electron chi connectivity index (χ1n) is 11.9. The van der Waals surface area contributed by atoms with E-state index in [1.807, 2.05) is 0 Å². The number of hydrogen-bond acceptors (Lipinski definition) is 3. The van der Waals surface area contributed by atoms with E-state index < -0.39 is 16.5 Å². The van der Waals surface area contributed by atoms with Crippen molar-refractivity contribution < 1.29 is 28.7 Å². The molecule has 0 unspecified atom stereocenters. The number of unbranched alkanes of at least 4 members (excludes halogenated alkanes) is 2. The summed E-state index contributed by atoms with van der Waals surface area (Å²) in [5.41, 5.74) is 15.7. The lowest BCUT2D eigenvalue weighted by Gasteiger charge is -2.19. The Balaban J connectivity index is 0.000000709. The van der Waals surface area contributed by atoms with Gasteiger partial charge in [0, 0.05) is 15.7 Å². The molecule has 3 aromatic rings. The van der Waals surface area contributed by atoms with Gasteiger partial charge in [0.25, 0.3) is 0 Å². The molecule has 6 N–H and O–H groups in total. The summed E-state index contributed by atoms with van der Waals surface area (Å²) in [6, 6.07) is 24.2. The monoisotopic (exact) mass is 533 g/mol. The van der Waals surface area contributed by atoms with Gasteiger partial charge in [-0.25, -0.2) is 0 Å². The van der Waals surface area contributed by atoms with Gasteiger partial charge in [-0.15, -0.1) is 19.6 Å². The first-order chi connectivity index (χ1) is 17.2. The Morgan fingerprint density at radius 1 is 0.639 bits per heavy atom. The van der Waals surface area contributed by atoms with E-state index in [0.717, 1.165) is 12.8 Å². The smallest absolute Gasteiger partial charge is 0.326 e. The van der Waals surface area contributed by atoms with Crippen LogP contribution in [-0.4, -0.2) is 19.6 Å². The summed E-state index contributed by atoms with van der Waals surface area (Å²) in [5, 5.41) is 0. The maximum Gasteiger partial charge on any atom is 0.692 e. The van der Waals surface area contributed by atoms with E-state index in [2.05, 4.69) is 80.6 Å². The van der Waals surface area contributed by atoms with E-state index in [9.17, 15) is 0 Å². The summed E-state index contributed by atoms with van der Waals surface area (Å²) < 4.78 is 17.4. The molecule has 0 heterocycles. The summed E-state index contributed by atoms with van der Waals surface area (Å²) in [5.74, 6) is 0. The second kappa shape index (κ2) is 18.0. The highest BCUT2D eigenvalue weighted by Crippen LogP contribution is 2.32. The molecule has 0 atom stereocenters. The predicted octanol–water partition coefficient (Wildman–Crippen LogP) is 6.42. The highest BCUT2D eigenvalue weighted by molar-refractivity contribution is 7.31. The van der Waals surface area contributed by atoms with Gasteiger partial charge in [-0.1, -0.05) is 93.4 Å². The first kappa shape index (κ1) is 31.7. The Morgan fingerprint density at radius 3 is 1.56 bits per heavy atom. The number of benzene rings is 3. The van der Waals surface area contributed by atoms with Gasteiger partial charge in [-0.05, 0) is 64.6 Å². The molecule has 0 saturated heterocycles. The van der Waals surface area contributed by atoms with E-state index in [4.69, 9.17) is 34.4 Å². The van der Waals surface area contributed by atoms with Crippen molar-refractivity contribution in [2.45, 2.75) is 58.9 Å². The van der Waals surface area contributed by atoms with Gasteiger partial charge in [0.05, 0.1) is 0 Å². The summed E-state index contributed by atoms with van der Waals surface area (Å²) in [6.45, 7) is 5.16. The SMILES string of the molecule is CCCCc1c(CN)ccc(-c2ccc(-c3ccccc3)cc2)c1CCCC.O=[P+](O)O.O=[P+](O)O. The van der Waals surface area contributed by atoms with Crippen LogP contribution in [0.5, 0.6) is 0 Å². The molecule has 3 aromatic carbocycles. The standard InChI is InChI=1S/C27H33N.2HO3P/c1-3-5-12-25-24(20-28)18-19-26(27(25)13-6-4-2)23-16-14-22(15-17-23)21-10-8-7-9-11-21;2*1-4(2)3/h7-11,14-19H,3-6,12-13,20,28H2,1-2H3;2*(H-,1,2,3)/p+2. The number of rotatable bonds is 9. The van der Waals surface area contributed by atoms with Crippen molar-refractivity contribution >= 4 is 16.5 Å². The molecule has 0 amide bonds. The van der Waals surface area contributed by atoms with Crippen molar-refractivity contribution in [2.75, 3.05) is 0 Å². The molecule has 0 radical (unpaired) electrons. The zero-order valence-corrected chi connectivity index (χ0v) is 22.7. The molecular weight excluding hydrogens is 496 g/mol. The third kappa shape index (κ3) is 11.6. The van der Waals surface area contributed by atoms with E-state index in [1.54, 1.807) is 0 Å². The summed E-state index contributed by atoms with van der Waals surface area (Å²) in [4.78, 5) is 28.5. The Hall–Kier alpha value is -2.34. The van der Waals surface area contributed by atoms with Crippen molar-refractivity contribution in [1.29, 1.82) is 0 Å². The van der Waals surface area contributed by atoms with E-state index >= 15 is 0 Å². The van der Waals surface area contributed by atoms with Crippen LogP contribution in [0.3, 0.4) is 0 Å². The topological polar surface area (TPSA) is 141 Å². The second-order valence-electron chi connectivity index (χ2n) is 8.09. The minimum Gasteiger partial charge on any atom is -0.326 e. The Bertz CT molecular complexity index is 1060. The maximum atomic E-state index is 8.70. The number of hydrogen-bond donors (Lipinski definition) is 5. The molecule has 0 aliphatic heterocycles. The van der Waals surface area contributed by atoms with Crippen molar-refractivity contribution in [2.24, 2.45) is 5.73 Å². The van der Waals surface area contributed by atoms with Crippen molar-refractivity contribution in [1.82, 2.24) is 0 Å². The van der Waals surface area contributed by atoms with Gasteiger partial charge in [0.15, 0.2) is 0 Å². The van der Waals surface area contributed by atoms with Crippen LogP contribution in [0.2, 0.25) is 0 Å². The molecule has 194 valence electrons. The van der Waals surface area contributed by atoms with Crippen molar-refractivity contribution in [3.8, 4) is 22.3 Å². The van der Waals surface area contributed by atoms with Crippen LogP contribution in [0.4, 0.5) is 0 Å². The minimum atomic E-state index is -2.87. The molecule has 9 heteroatoms. The zero-order chi connectivity index (χ0) is 26.9. The van der Waals surface area contributed by atoms with Crippen LogP contribution in [0.25, 0.3) is 22.3 Å². The maximum absolute atomic E-state index is 8.70. The van der Waals surface area contributed by atoms with Gasteiger partial charge in [0.2, 0.25) is 0 Å². The molecule has 3 rings (SSSR count). The average molecular weight is 534 g/mol. The summed E-state index contributed by atoms with van der Waals surface area (Å²) in [6.07, 6.45) is 7.15. The molecule has 0 bridgehead atoms. The van der Waals surface area contributed by atoms with Crippen molar-refractivity contribution in [3.63, 3.8) is 0 Å². The largest absolute Gasteiger partial charge is 0.692 e. The van der Waals surface area contributed by atoms with Gasteiger partial charge in [-0.2, -0.15) is 0 Å². The van der Waals surface area contributed by atoms with E-state index in [1.165, 1.54) is 64.6 Å². The third-order valence-electron chi connectivity index (χ3n) is 5.61. The number of nitrogens with two attached hydrogens (primary N) is 1. The fraction of sp³-hybridized carbons (Fsp3) is 0.333. The molecule has 0 saturated carbocycles. The van der Waals surface area contributed by atoms with Crippen LogP contribution in [0, 0.1) is 0 Å². The third-order valence-corrected chi connectivity index (χ3v) is 5.61. The van der Waals surface area contributed by atoms with Crippen LogP contribution >= 0.6 is 16.5 Å². The predicted molar refractivity (Wildman–Crippen MR) is 147 cm³/mol. The van der Waals surface area contributed by atoms with Gasteiger partial charge < -0.3 is 5.73 Å². The first-order valence-corrected chi connectivity index (χ1v) is 14.3. The van der Waals surface area contributed by atoms with Gasteiger partial charge in [0.1, 0.15) is 0 Å². The van der Waals surface area contributed by atoms with Crippen LogP contribution in [0.1, 0.15) is 56.2 Å². The lowest BCUT2D eigenvalue weighted by atomic mass is 9.86. The second-order valence-corrected chi connectivity index (χ2v) is 9.10. The molecule has 0 aliphatic rings. The Kier molecular flexibility index (Phi) is 15.8. The summed E-state index contributed by atoms with van der Waals surface area (Å²) >= 11 is 0.